The first-order valence-corrected chi connectivity index (χ1v) is 7.64. The van der Waals surface area contributed by atoms with Crippen LogP contribution in [0.15, 0.2) is 24.3 Å². The van der Waals surface area contributed by atoms with Gasteiger partial charge in [-0.05, 0) is 37.0 Å². The van der Waals surface area contributed by atoms with E-state index in [1.807, 2.05) is 24.3 Å². The second-order valence-electron chi connectivity index (χ2n) is 4.94. The lowest BCUT2D eigenvalue weighted by Gasteiger charge is -2.07. The Hall–Kier alpha value is -1.59. The van der Waals surface area contributed by atoms with Crippen LogP contribution < -0.4 is 4.74 Å². The van der Waals surface area contributed by atoms with Gasteiger partial charge in [-0.3, -0.25) is 4.79 Å². The van der Waals surface area contributed by atoms with Gasteiger partial charge in [-0.25, -0.2) is 0 Å². The van der Waals surface area contributed by atoms with Gasteiger partial charge in [0.2, 0.25) is 0 Å². The summed E-state index contributed by atoms with van der Waals surface area (Å²) in [7, 11) is 1.65. The van der Waals surface area contributed by atoms with E-state index in [0.29, 0.717) is 33.0 Å². The maximum absolute atomic E-state index is 10.6. The van der Waals surface area contributed by atoms with Crippen LogP contribution in [0.4, 0.5) is 0 Å². The zero-order chi connectivity index (χ0) is 16.0. The molecule has 0 atom stereocenters. The maximum Gasteiger partial charge on any atom is 0.302 e. The van der Waals surface area contributed by atoms with Crippen LogP contribution in [0.25, 0.3) is 0 Å². The Morgan fingerprint density at radius 3 is 2.36 bits per heavy atom. The second-order valence-corrected chi connectivity index (χ2v) is 4.94. The highest BCUT2D eigenvalue weighted by atomic mass is 16.5. The van der Waals surface area contributed by atoms with Crippen LogP contribution in [0.1, 0.15) is 31.7 Å². The van der Waals surface area contributed by atoms with Gasteiger partial charge in [0.25, 0.3) is 0 Å². The third-order valence-corrected chi connectivity index (χ3v) is 2.99. The van der Waals surface area contributed by atoms with E-state index in [9.17, 15) is 4.79 Å². The molecule has 0 spiro atoms. The highest BCUT2D eigenvalue weighted by Crippen LogP contribution is 2.13. The summed E-state index contributed by atoms with van der Waals surface area (Å²) in [5.41, 5.74) is 1.12. The molecule has 0 heterocycles. The lowest BCUT2D eigenvalue weighted by molar-refractivity contribution is -0.141. The molecule has 22 heavy (non-hydrogen) atoms. The predicted octanol–water partition coefficient (Wildman–Crippen LogP) is 2.96. The highest BCUT2D eigenvalue weighted by molar-refractivity contribution is 5.65. The van der Waals surface area contributed by atoms with Crippen LogP contribution in [-0.4, -0.2) is 39.5 Å². The van der Waals surface area contributed by atoms with E-state index < -0.39 is 0 Å². The van der Waals surface area contributed by atoms with Crippen LogP contribution >= 0.6 is 0 Å². The Balaban J connectivity index is 2.03. The molecule has 0 aliphatic carbocycles. The normalized spacial score (nSPS) is 10.5. The fourth-order valence-corrected chi connectivity index (χ4v) is 1.81. The van der Waals surface area contributed by atoms with E-state index in [2.05, 4.69) is 0 Å². The molecule has 0 radical (unpaired) electrons. The van der Waals surface area contributed by atoms with Gasteiger partial charge >= 0.3 is 5.97 Å². The van der Waals surface area contributed by atoms with Gasteiger partial charge in [0, 0.05) is 20.6 Å². The molecule has 0 unspecified atom stereocenters. The van der Waals surface area contributed by atoms with Crippen molar-refractivity contribution >= 4 is 5.97 Å². The minimum Gasteiger partial charge on any atom is -0.491 e. The van der Waals surface area contributed by atoms with Crippen molar-refractivity contribution in [2.75, 3.05) is 33.5 Å². The molecule has 1 rings (SSSR count). The number of rotatable bonds is 12. The average Bonchev–Trinajstić information content (AvgIpc) is 2.51. The molecule has 0 amide bonds. The van der Waals surface area contributed by atoms with E-state index in [4.69, 9.17) is 18.9 Å². The van der Waals surface area contributed by atoms with Gasteiger partial charge in [-0.15, -0.1) is 0 Å². The number of esters is 1. The van der Waals surface area contributed by atoms with Crippen molar-refractivity contribution in [3.8, 4) is 5.75 Å². The molecular weight excluding hydrogens is 284 g/mol. The van der Waals surface area contributed by atoms with E-state index in [-0.39, 0.29) is 5.97 Å². The third-order valence-electron chi connectivity index (χ3n) is 2.99. The standard InChI is InChI=1S/C17H26O5/c1-15(18)21-11-5-3-4-10-20-14-16-6-8-17(9-7-16)22-13-12-19-2/h6-9H,3-5,10-14H2,1-2H3. The number of ether oxygens (including phenoxy) is 4. The zero-order valence-electron chi connectivity index (χ0n) is 13.5. The van der Waals surface area contributed by atoms with Gasteiger partial charge in [0.1, 0.15) is 12.4 Å². The second kappa shape index (κ2) is 12.0. The van der Waals surface area contributed by atoms with Crippen molar-refractivity contribution in [1.82, 2.24) is 0 Å². The number of carbonyl (C=O) groups is 1. The summed E-state index contributed by atoms with van der Waals surface area (Å²) in [6, 6.07) is 7.88. The summed E-state index contributed by atoms with van der Waals surface area (Å²) in [4.78, 5) is 10.6. The molecule has 124 valence electrons. The Labute approximate surface area is 132 Å². The fraction of sp³-hybridized carbons (Fsp3) is 0.588. The molecule has 0 fully saturated rings. The molecule has 1 aromatic carbocycles. The largest absolute Gasteiger partial charge is 0.491 e. The Bertz CT molecular complexity index is 402. The topological polar surface area (TPSA) is 54.0 Å². The molecule has 0 bridgehead atoms. The van der Waals surface area contributed by atoms with Crippen molar-refractivity contribution in [3.63, 3.8) is 0 Å². The highest BCUT2D eigenvalue weighted by Gasteiger charge is 1.97. The van der Waals surface area contributed by atoms with Gasteiger partial charge in [-0.1, -0.05) is 12.1 Å². The minimum atomic E-state index is -0.217. The molecule has 0 aliphatic heterocycles. The summed E-state index contributed by atoms with van der Waals surface area (Å²) in [5, 5.41) is 0. The first-order chi connectivity index (χ1) is 10.7. The van der Waals surface area contributed by atoms with Gasteiger partial charge in [0.15, 0.2) is 0 Å². The quantitative estimate of drug-likeness (QED) is 0.439. The summed E-state index contributed by atoms with van der Waals surface area (Å²) < 4.78 is 20.9. The zero-order valence-corrected chi connectivity index (χ0v) is 13.5. The molecular formula is C17H26O5. The third kappa shape index (κ3) is 9.37. The number of hydrogen-bond donors (Lipinski definition) is 0. The van der Waals surface area contributed by atoms with Crippen molar-refractivity contribution in [2.45, 2.75) is 32.8 Å². The molecule has 5 heteroatoms. The van der Waals surface area contributed by atoms with Crippen LogP contribution in [0.3, 0.4) is 0 Å². The van der Waals surface area contributed by atoms with E-state index in [1.54, 1.807) is 7.11 Å². The maximum atomic E-state index is 10.6. The van der Waals surface area contributed by atoms with Gasteiger partial charge in [0.05, 0.1) is 19.8 Å². The number of unbranched alkanes of at least 4 members (excludes halogenated alkanes) is 2. The van der Waals surface area contributed by atoms with E-state index in [0.717, 1.165) is 30.6 Å². The number of methoxy groups -OCH3 is 1. The molecule has 0 aliphatic rings. The molecule has 0 aromatic heterocycles. The first-order valence-electron chi connectivity index (χ1n) is 7.64. The summed E-state index contributed by atoms with van der Waals surface area (Å²) in [5.74, 6) is 0.622. The first kappa shape index (κ1) is 18.5. The number of benzene rings is 1. The average molecular weight is 310 g/mol. The van der Waals surface area contributed by atoms with Crippen LogP contribution in [0.5, 0.6) is 5.75 Å². The smallest absolute Gasteiger partial charge is 0.302 e. The summed E-state index contributed by atoms with van der Waals surface area (Å²) in [6.07, 6.45) is 2.86. The fourth-order valence-electron chi connectivity index (χ4n) is 1.81. The van der Waals surface area contributed by atoms with Crippen molar-refractivity contribution < 1.29 is 23.7 Å². The van der Waals surface area contributed by atoms with Gasteiger partial charge in [-0.2, -0.15) is 0 Å². The van der Waals surface area contributed by atoms with Crippen molar-refractivity contribution in [3.05, 3.63) is 29.8 Å². The van der Waals surface area contributed by atoms with Crippen molar-refractivity contribution in [2.24, 2.45) is 0 Å². The summed E-state index contributed by atoms with van der Waals surface area (Å²) in [6.45, 7) is 4.38. The Morgan fingerprint density at radius 2 is 1.68 bits per heavy atom. The molecule has 0 saturated carbocycles. The SMILES string of the molecule is COCCOc1ccc(COCCCCCOC(C)=O)cc1. The Morgan fingerprint density at radius 1 is 0.955 bits per heavy atom. The van der Waals surface area contributed by atoms with Crippen LogP contribution in [-0.2, 0) is 25.6 Å². The summed E-state index contributed by atoms with van der Waals surface area (Å²) >= 11 is 0. The number of carbonyl (C=O) groups excluding carboxylic acids is 1. The van der Waals surface area contributed by atoms with Crippen LogP contribution in [0.2, 0.25) is 0 Å². The van der Waals surface area contributed by atoms with E-state index >= 15 is 0 Å². The molecule has 0 saturated heterocycles. The van der Waals surface area contributed by atoms with Gasteiger partial charge < -0.3 is 18.9 Å². The van der Waals surface area contributed by atoms with E-state index in [1.165, 1.54) is 6.92 Å². The van der Waals surface area contributed by atoms with Crippen LogP contribution in [0, 0.1) is 0 Å². The monoisotopic (exact) mass is 310 g/mol. The molecule has 0 N–H and O–H groups in total. The molecule has 1 aromatic rings. The minimum absolute atomic E-state index is 0.217. The lowest BCUT2D eigenvalue weighted by Crippen LogP contribution is -2.04. The Kier molecular flexibility index (Phi) is 10.1. The number of hydrogen-bond acceptors (Lipinski definition) is 5. The molecule has 5 nitrogen and oxygen atoms in total. The lowest BCUT2D eigenvalue weighted by atomic mass is 10.2. The van der Waals surface area contributed by atoms with Crippen molar-refractivity contribution in [1.29, 1.82) is 0 Å². The predicted molar refractivity (Wildman–Crippen MR) is 84.0 cm³/mol.